The Kier molecular flexibility index (Phi) is 5.09. The van der Waals surface area contributed by atoms with E-state index in [1.54, 1.807) is 6.07 Å². The van der Waals surface area contributed by atoms with Crippen molar-refractivity contribution in [2.45, 2.75) is 6.54 Å². The average Bonchev–Trinajstić information content (AvgIpc) is 3.17. The zero-order chi connectivity index (χ0) is 21.3. The lowest BCUT2D eigenvalue weighted by Gasteiger charge is -2.19. The first-order valence-electron chi connectivity index (χ1n) is 9.46. The average molecular weight is 407 g/mol. The highest BCUT2D eigenvalue weighted by Gasteiger charge is 2.27. The summed E-state index contributed by atoms with van der Waals surface area (Å²) in [5.74, 6) is 0.831. The van der Waals surface area contributed by atoms with Gasteiger partial charge in [-0.1, -0.05) is 18.2 Å². The van der Waals surface area contributed by atoms with E-state index in [9.17, 15) is 14.9 Å². The van der Waals surface area contributed by atoms with Gasteiger partial charge in [0, 0.05) is 38.2 Å². The van der Waals surface area contributed by atoms with E-state index in [0.29, 0.717) is 24.5 Å². The summed E-state index contributed by atoms with van der Waals surface area (Å²) in [5.41, 5.74) is 2.87. The number of nitro groups is 1. The molecule has 1 aliphatic rings. The van der Waals surface area contributed by atoms with E-state index < -0.39 is 11.0 Å². The Labute approximate surface area is 173 Å². The van der Waals surface area contributed by atoms with Crippen LogP contribution in [0.5, 0.6) is 0 Å². The fourth-order valence-electron chi connectivity index (χ4n) is 3.42. The zero-order valence-corrected chi connectivity index (χ0v) is 16.7. The van der Waals surface area contributed by atoms with Crippen LogP contribution in [-0.2, 0) is 11.3 Å². The topological polar surface area (TPSA) is 101 Å². The van der Waals surface area contributed by atoms with Crippen molar-refractivity contribution in [2.75, 3.05) is 42.4 Å². The van der Waals surface area contributed by atoms with Gasteiger partial charge >= 0.3 is 6.09 Å². The first kappa shape index (κ1) is 19.4. The van der Waals surface area contributed by atoms with Gasteiger partial charge in [-0.05, 0) is 23.8 Å². The molecule has 1 aliphatic heterocycles. The molecule has 2 heterocycles. The minimum absolute atomic E-state index is 0.0838. The van der Waals surface area contributed by atoms with Gasteiger partial charge in [-0.25, -0.2) is 9.78 Å². The number of carbonyl (C=O) groups excluding carboxylic acids is 1. The predicted molar refractivity (Wildman–Crippen MR) is 115 cm³/mol. The van der Waals surface area contributed by atoms with Gasteiger partial charge in [-0.15, -0.1) is 0 Å². The maximum absolute atomic E-state index is 12.1. The van der Waals surface area contributed by atoms with E-state index in [-0.39, 0.29) is 12.3 Å². The SMILES string of the molecule is CN(C)c1cc(CNc2ccc([N+](=O)[O-])cc2N2CCOC2=O)c2ccccc2n1. The summed E-state index contributed by atoms with van der Waals surface area (Å²) in [5, 5.41) is 15.6. The molecule has 9 heteroatoms. The number of nitrogens with one attached hydrogen (secondary N) is 1. The third kappa shape index (κ3) is 3.69. The maximum Gasteiger partial charge on any atom is 0.414 e. The molecule has 0 spiro atoms. The summed E-state index contributed by atoms with van der Waals surface area (Å²) in [4.78, 5) is 30.8. The summed E-state index contributed by atoms with van der Waals surface area (Å²) < 4.78 is 5.01. The monoisotopic (exact) mass is 407 g/mol. The largest absolute Gasteiger partial charge is 0.447 e. The molecule has 0 aliphatic carbocycles. The molecular weight excluding hydrogens is 386 g/mol. The molecule has 3 aromatic rings. The van der Waals surface area contributed by atoms with Crippen LogP contribution >= 0.6 is 0 Å². The van der Waals surface area contributed by atoms with Crippen molar-refractivity contribution in [3.8, 4) is 0 Å². The summed E-state index contributed by atoms with van der Waals surface area (Å²) in [6.07, 6.45) is -0.511. The van der Waals surface area contributed by atoms with Gasteiger partial charge in [0.25, 0.3) is 5.69 Å². The van der Waals surface area contributed by atoms with E-state index in [1.165, 1.54) is 17.0 Å². The van der Waals surface area contributed by atoms with E-state index >= 15 is 0 Å². The van der Waals surface area contributed by atoms with Crippen molar-refractivity contribution in [3.63, 3.8) is 0 Å². The lowest BCUT2D eigenvalue weighted by molar-refractivity contribution is -0.384. The van der Waals surface area contributed by atoms with Crippen LogP contribution in [0.25, 0.3) is 10.9 Å². The van der Waals surface area contributed by atoms with Crippen LogP contribution in [0.3, 0.4) is 0 Å². The number of aromatic nitrogens is 1. The first-order valence-corrected chi connectivity index (χ1v) is 9.46. The minimum atomic E-state index is -0.511. The summed E-state index contributed by atoms with van der Waals surface area (Å²) in [7, 11) is 3.86. The van der Waals surface area contributed by atoms with Crippen LogP contribution in [0, 0.1) is 10.1 Å². The Morgan fingerprint density at radius 2 is 2.03 bits per heavy atom. The highest BCUT2D eigenvalue weighted by molar-refractivity contribution is 5.94. The number of para-hydroxylation sites is 1. The molecule has 1 aromatic heterocycles. The Morgan fingerprint density at radius 3 is 2.73 bits per heavy atom. The summed E-state index contributed by atoms with van der Waals surface area (Å²) in [6, 6.07) is 14.3. The highest BCUT2D eigenvalue weighted by atomic mass is 16.6. The van der Waals surface area contributed by atoms with Gasteiger partial charge in [-0.3, -0.25) is 15.0 Å². The van der Waals surface area contributed by atoms with E-state index in [1.807, 2.05) is 49.3 Å². The maximum atomic E-state index is 12.1. The number of rotatable bonds is 6. The van der Waals surface area contributed by atoms with E-state index in [0.717, 1.165) is 22.3 Å². The number of ether oxygens (including phenoxy) is 1. The zero-order valence-electron chi connectivity index (χ0n) is 16.7. The smallest absolute Gasteiger partial charge is 0.414 e. The molecule has 4 rings (SSSR count). The van der Waals surface area contributed by atoms with Crippen LogP contribution < -0.4 is 15.1 Å². The number of non-ortho nitro benzene ring substituents is 1. The number of nitro benzene ring substituents is 1. The number of benzene rings is 2. The minimum Gasteiger partial charge on any atom is -0.447 e. The van der Waals surface area contributed by atoms with Crippen molar-refractivity contribution < 1.29 is 14.5 Å². The summed E-state index contributed by atoms with van der Waals surface area (Å²) in [6.45, 7) is 1.05. The lowest BCUT2D eigenvalue weighted by atomic mass is 10.1. The normalized spacial score (nSPS) is 13.4. The van der Waals surface area contributed by atoms with Crippen molar-refractivity contribution in [2.24, 2.45) is 0 Å². The number of amides is 1. The predicted octanol–water partition coefficient (Wildman–Crippen LogP) is 3.78. The molecular formula is C21H21N5O4. The van der Waals surface area contributed by atoms with Gasteiger partial charge in [-0.2, -0.15) is 0 Å². The number of hydrogen-bond donors (Lipinski definition) is 1. The molecule has 30 heavy (non-hydrogen) atoms. The Hall–Kier alpha value is -3.88. The highest BCUT2D eigenvalue weighted by Crippen LogP contribution is 2.33. The lowest BCUT2D eigenvalue weighted by Crippen LogP contribution is -2.24. The quantitative estimate of drug-likeness (QED) is 0.490. The Bertz CT molecular complexity index is 1130. The van der Waals surface area contributed by atoms with Crippen LogP contribution in [0.1, 0.15) is 5.56 Å². The number of pyridine rings is 1. The van der Waals surface area contributed by atoms with Gasteiger partial charge in [0.2, 0.25) is 0 Å². The second-order valence-corrected chi connectivity index (χ2v) is 7.13. The van der Waals surface area contributed by atoms with E-state index in [4.69, 9.17) is 4.74 Å². The van der Waals surface area contributed by atoms with Gasteiger partial charge in [0.1, 0.15) is 12.4 Å². The molecule has 154 valence electrons. The standard InChI is InChI=1S/C21H21N5O4/c1-24(2)20-11-14(16-5-3-4-6-17(16)23-20)13-22-18-8-7-15(26(28)29)12-19(18)25-9-10-30-21(25)27/h3-8,11-12,22H,9-10,13H2,1-2H3. The molecule has 1 fully saturated rings. The fraction of sp³-hybridized carbons (Fsp3) is 0.238. The number of cyclic esters (lactones) is 1. The number of fused-ring (bicyclic) bond motifs is 1. The molecule has 2 aromatic carbocycles. The fourth-order valence-corrected chi connectivity index (χ4v) is 3.42. The van der Waals surface area contributed by atoms with Crippen LogP contribution in [0.4, 0.5) is 27.7 Å². The van der Waals surface area contributed by atoms with Crippen LogP contribution in [0.2, 0.25) is 0 Å². The number of hydrogen-bond acceptors (Lipinski definition) is 7. The molecule has 1 saturated heterocycles. The molecule has 1 amide bonds. The molecule has 1 N–H and O–H groups in total. The van der Waals surface area contributed by atoms with Crippen molar-refractivity contribution in [1.82, 2.24) is 4.98 Å². The van der Waals surface area contributed by atoms with Gasteiger partial charge < -0.3 is 15.0 Å². The second kappa shape index (κ2) is 7.86. The third-order valence-electron chi connectivity index (χ3n) is 4.96. The Morgan fingerprint density at radius 1 is 1.23 bits per heavy atom. The molecule has 0 bridgehead atoms. The Balaban J connectivity index is 1.70. The van der Waals surface area contributed by atoms with E-state index in [2.05, 4.69) is 10.3 Å². The van der Waals surface area contributed by atoms with Crippen molar-refractivity contribution >= 4 is 39.9 Å². The first-order chi connectivity index (χ1) is 14.4. The van der Waals surface area contributed by atoms with Crippen molar-refractivity contribution in [1.29, 1.82) is 0 Å². The van der Waals surface area contributed by atoms with Gasteiger partial charge in [0.15, 0.2) is 0 Å². The molecule has 0 atom stereocenters. The van der Waals surface area contributed by atoms with Crippen molar-refractivity contribution in [3.05, 3.63) is 64.2 Å². The van der Waals surface area contributed by atoms with Crippen LogP contribution in [-0.4, -0.2) is 43.2 Å². The van der Waals surface area contributed by atoms with Crippen LogP contribution in [0.15, 0.2) is 48.5 Å². The molecule has 9 nitrogen and oxygen atoms in total. The molecule has 0 radical (unpaired) electrons. The summed E-state index contributed by atoms with van der Waals surface area (Å²) >= 11 is 0. The number of carbonyl (C=O) groups is 1. The third-order valence-corrected chi connectivity index (χ3v) is 4.96. The molecule has 0 unspecified atom stereocenters. The number of anilines is 3. The molecule has 0 saturated carbocycles. The van der Waals surface area contributed by atoms with Gasteiger partial charge in [0.05, 0.1) is 28.4 Å². The number of nitrogens with zero attached hydrogens (tertiary/aromatic N) is 4. The second-order valence-electron chi connectivity index (χ2n) is 7.13.